The van der Waals surface area contributed by atoms with Gasteiger partial charge in [0.15, 0.2) is 16.4 Å². The van der Waals surface area contributed by atoms with Gasteiger partial charge in [-0.15, -0.1) is 11.3 Å². The monoisotopic (exact) mass is 1140 g/mol. The molecule has 2 saturated heterocycles. The lowest BCUT2D eigenvalue weighted by Crippen LogP contribution is -2.35. The fourth-order valence-electron chi connectivity index (χ4n) is 11.5. The molecular weight excluding hydrogens is 1080 g/mol. The minimum atomic E-state index is -0.233. The first-order valence-electron chi connectivity index (χ1n) is 27.4. The molecule has 2 aliphatic rings. The van der Waals surface area contributed by atoms with Gasteiger partial charge in [-0.3, -0.25) is 9.59 Å². The number of nitrogens with two attached hydrogens (primary N) is 2. The molecule has 0 spiro atoms. The third kappa shape index (κ3) is 9.73. The number of rotatable bonds is 12. The average molecular weight is 1140 g/mol. The number of methoxy groups -OCH3 is 2. The van der Waals surface area contributed by atoms with E-state index in [9.17, 15) is 9.59 Å². The van der Waals surface area contributed by atoms with Crippen LogP contribution < -0.4 is 41.4 Å². The van der Waals surface area contributed by atoms with Gasteiger partial charge in [0, 0.05) is 84.8 Å². The Balaban J connectivity index is 0.000000157. The minimum absolute atomic E-state index is 0.114. The number of carbonyl (C=O) groups excluding carboxylic acids is 2. The van der Waals surface area contributed by atoms with Crippen molar-refractivity contribution in [3.8, 4) is 34.0 Å². The molecule has 0 saturated carbocycles. The lowest BCUT2D eigenvalue weighted by molar-refractivity contribution is 0.101. The molecule has 10 heterocycles. The first kappa shape index (κ1) is 53.0. The number of anilines is 6. The van der Waals surface area contributed by atoms with Gasteiger partial charge in [0.2, 0.25) is 0 Å². The second-order valence-corrected chi connectivity index (χ2v) is 21.5. The number of para-hydroxylation sites is 2. The lowest BCUT2D eigenvalue weighted by atomic mass is 10.1. The van der Waals surface area contributed by atoms with E-state index < -0.39 is 0 Å². The van der Waals surface area contributed by atoms with Crippen molar-refractivity contribution < 1.29 is 23.5 Å². The van der Waals surface area contributed by atoms with Crippen molar-refractivity contribution in [2.24, 2.45) is 14.1 Å². The van der Waals surface area contributed by atoms with Crippen molar-refractivity contribution in [2.45, 2.75) is 37.8 Å². The van der Waals surface area contributed by atoms with Gasteiger partial charge < -0.3 is 54.9 Å². The standard InChI is InChI=1S/C30H29N9O3.C30H29N9O2S/c2*1-37-22-6-4-3-5-18(22)15-23(37)29(40)35-21-8-7-19(16-24(21)41-2)26-25-27(31)33-17-34-28(25)39(36-26)20-9-12-38(13-10-20)30-32-11-14-42-30/h2*3-8,11,14-17,20H,9-10,12-13H2,1-2H3,(H,35,40)(H2,31,33,34). The molecule has 84 heavy (non-hydrogen) atoms. The van der Waals surface area contributed by atoms with Crippen LogP contribution in [0.15, 0.2) is 138 Å². The Hall–Kier alpha value is -10.4. The highest BCUT2D eigenvalue weighted by atomic mass is 32.1. The van der Waals surface area contributed by atoms with Gasteiger partial charge >= 0.3 is 0 Å². The predicted molar refractivity (Wildman–Crippen MR) is 325 cm³/mol. The summed E-state index contributed by atoms with van der Waals surface area (Å²) in [5.74, 6) is 1.27. The average Bonchev–Trinajstić information content (AvgIpc) is 4.31. The number of benzene rings is 4. The van der Waals surface area contributed by atoms with Crippen molar-refractivity contribution in [1.29, 1.82) is 0 Å². The van der Waals surface area contributed by atoms with Gasteiger partial charge in [-0.1, -0.05) is 48.5 Å². The largest absolute Gasteiger partial charge is 0.495 e. The van der Waals surface area contributed by atoms with Crippen molar-refractivity contribution >= 4 is 101 Å². The number of oxazole rings is 1. The molecule has 23 nitrogen and oxygen atoms in total. The number of nitrogens with zero attached hydrogens (tertiary/aromatic N) is 14. The van der Waals surface area contributed by atoms with Crippen molar-refractivity contribution in [2.75, 3.05) is 72.3 Å². The van der Waals surface area contributed by atoms with E-state index in [0.717, 1.165) is 89.9 Å². The molecule has 0 atom stereocenters. The number of amides is 2. The molecule has 2 amide bonds. The van der Waals surface area contributed by atoms with Gasteiger partial charge in [0.25, 0.3) is 17.8 Å². The fourth-order valence-corrected chi connectivity index (χ4v) is 12.2. The number of ether oxygens (including phenoxy) is 2. The summed E-state index contributed by atoms with van der Waals surface area (Å²) in [7, 11) is 6.91. The molecule has 0 aliphatic carbocycles. The molecule has 4 aromatic carbocycles. The third-order valence-corrected chi connectivity index (χ3v) is 16.7. The van der Waals surface area contributed by atoms with Gasteiger partial charge in [-0.2, -0.15) is 10.2 Å². The maximum Gasteiger partial charge on any atom is 0.297 e. The maximum atomic E-state index is 13.3. The normalized spacial score (nSPS) is 14.1. The number of thiazole rings is 1. The zero-order valence-electron chi connectivity index (χ0n) is 46.4. The first-order chi connectivity index (χ1) is 41.0. The van der Waals surface area contributed by atoms with Crippen LogP contribution in [0.5, 0.6) is 11.5 Å². The van der Waals surface area contributed by atoms with E-state index in [1.165, 1.54) is 12.7 Å². The van der Waals surface area contributed by atoms with E-state index in [4.69, 9.17) is 35.6 Å². The van der Waals surface area contributed by atoms with Gasteiger partial charge in [0.05, 0.1) is 54.6 Å². The number of piperidine rings is 2. The summed E-state index contributed by atoms with van der Waals surface area (Å²) in [6.45, 7) is 3.32. The van der Waals surface area contributed by atoms with Crippen LogP contribution in [0.1, 0.15) is 58.7 Å². The summed E-state index contributed by atoms with van der Waals surface area (Å²) in [5, 5.41) is 22.5. The zero-order chi connectivity index (χ0) is 57.6. The number of aryl methyl sites for hydroxylation is 2. The summed E-state index contributed by atoms with van der Waals surface area (Å²) in [4.78, 5) is 57.4. The number of aromatic nitrogens is 12. The number of nitrogens with one attached hydrogen (secondary N) is 2. The Morgan fingerprint density at radius 2 is 1.08 bits per heavy atom. The maximum absolute atomic E-state index is 13.3. The van der Waals surface area contributed by atoms with Crippen LogP contribution in [-0.4, -0.2) is 111 Å². The number of nitrogen functional groups attached to an aromatic ring is 2. The summed E-state index contributed by atoms with van der Waals surface area (Å²) in [6.07, 6.45) is 11.5. The third-order valence-electron chi connectivity index (χ3n) is 15.9. The number of hydrogen-bond donors (Lipinski definition) is 4. The van der Waals surface area contributed by atoms with Crippen LogP contribution in [0.3, 0.4) is 0 Å². The van der Waals surface area contributed by atoms with Crippen LogP contribution in [0.4, 0.5) is 34.2 Å². The number of fused-ring (bicyclic) bond motifs is 4. The predicted octanol–water partition coefficient (Wildman–Crippen LogP) is 9.78. The van der Waals surface area contributed by atoms with Crippen LogP contribution >= 0.6 is 11.3 Å². The van der Waals surface area contributed by atoms with Crippen molar-refractivity contribution in [3.63, 3.8) is 0 Å². The summed E-state index contributed by atoms with van der Waals surface area (Å²) < 4.78 is 24.6. The highest BCUT2D eigenvalue weighted by Crippen LogP contribution is 2.40. The topological polar surface area (TPSA) is 271 Å². The van der Waals surface area contributed by atoms with Crippen LogP contribution in [0, 0.1) is 0 Å². The molecule has 8 aromatic heterocycles. The van der Waals surface area contributed by atoms with Gasteiger partial charge in [0.1, 0.15) is 64.8 Å². The second kappa shape index (κ2) is 22.2. The van der Waals surface area contributed by atoms with E-state index in [-0.39, 0.29) is 23.9 Å². The highest BCUT2D eigenvalue weighted by Gasteiger charge is 2.30. The summed E-state index contributed by atoms with van der Waals surface area (Å²) >= 11 is 1.66. The van der Waals surface area contributed by atoms with Crippen LogP contribution in [0.2, 0.25) is 0 Å². The molecule has 424 valence electrons. The molecule has 6 N–H and O–H groups in total. The zero-order valence-corrected chi connectivity index (χ0v) is 47.2. The Bertz CT molecular complexity index is 4120. The first-order valence-corrected chi connectivity index (χ1v) is 28.3. The molecule has 0 unspecified atom stereocenters. The van der Waals surface area contributed by atoms with Gasteiger partial charge in [-0.05, 0) is 74.2 Å². The molecule has 24 heteroatoms. The Morgan fingerprint density at radius 3 is 1.52 bits per heavy atom. The molecular formula is C60H58N18O5S. The minimum Gasteiger partial charge on any atom is -0.495 e. The van der Waals surface area contributed by atoms with E-state index in [2.05, 4.69) is 50.3 Å². The Labute approximate surface area is 484 Å². The van der Waals surface area contributed by atoms with E-state index >= 15 is 0 Å². The Morgan fingerprint density at radius 1 is 0.595 bits per heavy atom. The number of hydrogen-bond acceptors (Lipinski definition) is 18. The molecule has 14 rings (SSSR count). The molecule has 2 fully saturated rings. The van der Waals surface area contributed by atoms with Gasteiger partial charge in [-0.25, -0.2) is 39.3 Å². The molecule has 2 aliphatic heterocycles. The molecule has 0 radical (unpaired) electrons. The summed E-state index contributed by atoms with van der Waals surface area (Å²) in [6, 6.07) is 31.6. The fraction of sp³-hybridized carbons (Fsp3) is 0.233. The lowest BCUT2D eigenvalue weighted by Gasteiger charge is -2.31. The Kier molecular flexibility index (Phi) is 14.0. The van der Waals surface area contributed by atoms with Crippen LogP contribution in [0.25, 0.3) is 66.4 Å². The highest BCUT2D eigenvalue weighted by molar-refractivity contribution is 7.13. The number of carbonyl (C=O) groups is 2. The van der Waals surface area contributed by atoms with Crippen molar-refractivity contribution in [3.05, 3.63) is 145 Å². The SMILES string of the molecule is COc1cc(-c2nn(C3CCN(c4ncco4)CC3)c3ncnc(N)c23)ccc1NC(=O)c1cc2ccccc2n1C.COc1cc(-c2nn(C3CCN(c4nccs4)CC3)c3ncnc(N)c23)ccc1NC(=O)c1cc2ccccc2n1C. The molecule has 12 aromatic rings. The second-order valence-electron chi connectivity index (χ2n) is 20.6. The van der Waals surface area contributed by atoms with E-state index in [1.807, 2.05) is 141 Å². The van der Waals surface area contributed by atoms with Crippen LogP contribution in [-0.2, 0) is 14.1 Å². The van der Waals surface area contributed by atoms with Crippen molar-refractivity contribution in [1.82, 2.24) is 58.6 Å². The summed E-state index contributed by atoms with van der Waals surface area (Å²) in [5.41, 5.74) is 21.2. The van der Waals surface area contributed by atoms with E-state index in [1.54, 1.807) is 38.0 Å². The molecule has 0 bridgehead atoms. The quantitative estimate of drug-likeness (QED) is 0.0886. The van der Waals surface area contributed by atoms with E-state index in [0.29, 0.717) is 85.4 Å². The smallest absolute Gasteiger partial charge is 0.297 e.